The average Bonchev–Trinajstić information content (AvgIpc) is 3.04. The van der Waals surface area contributed by atoms with Gasteiger partial charge in [-0.2, -0.15) is 4.72 Å². The summed E-state index contributed by atoms with van der Waals surface area (Å²) in [4.78, 5) is 16.5. The third kappa shape index (κ3) is 5.02. The summed E-state index contributed by atoms with van der Waals surface area (Å²) in [5.74, 6) is 0.622. The number of ether oxygens (including phenoxy) is 1. The van der Waals surface area contributed by atoms with Gasteiger partial charge in [-0.3, -0.25) is 4.79 Å². The first-order valence-electron chi connectivity index (χ1n) is 9.12. The molecule has 158 valence electrons. The number of nitrogens with zero attached hydrogens (tertiary/aromatic N) is 2. The van der Waals surface area contributed by atoms with Crippen molar-refractivity contribution in [2.75, 3.05) is 5.32 Å². The quantitative estimate of drug-likeness (QED) is 0.590. The van der Waals surface area contributed by atoms with Crippen LogP contribution in [0.2, 0.25) is 0 Å². The second kappa shape index (κ2) is 8.64. The van der Waals surface area contributed by atoms with E-state index in [1.165, 1.54) is 27.0 Å². The van der Waals surface area contributed by atoms with Gasteiger partial charge in [-0.15, -0.1) is 0 Å². The molecule has 10 heteroatoms. The molecular weight excluding hydrogens is 408 g/mol. The normalized spacial score (nSPS) is 12.4. The summed E-state index contributed by atoms with van der Waals surface area (Å²) >= 11 is 0. The molecule has 30 heavy (non-hydrogen) atoms. The number of hydrogen-bond acceptors (Lipinski definition) is 7. The van der Waals surface area contributed by atoms with Crippen molar-refractivity contribution >= 4 is 21.6 Å². The number of aryl methyl sites for hydroxylation is 3. The molecule has 3 aromatic rings. The van der Waals surface area contributed by atoms with Crippen LogP contribution in [0, 0.1) is 20.8 Å². The maximum absolute atomic E-state index is 12.5. The SMILES string of the molecule is Cc1ccc(Oc2ccc(NC(=O)[C@H](C)NS(=O)(=O)c3c(C)noc3C)cn2)cc1. The lowest BCUT2D eigenvalue weighted by atomic mass is 10.2. The van der Waals surface area contributed by atoms with Crippen LogP contribution in [0.3, 0.4) is 0 Å². The summed E-state index contributed by atoms with van der Waals surface area (Å²) in [5.41, 5.74) is 1.74. The first kappa shape index (κ1) is 21.5. The predicted octanol–water partition coefficient (Wildman–Crippen LogP) is 3.09. The lowest BCUT2D eigenvalue weighted by Gasteiger charge is -2.14. The van der Waals surface area contributed by atoms with Crippen LogP contribution in [0.5, 0.6) is 11.6 Å². The van der Waals surface area contributed by atoms with Crippen molar-refractivity contribution in [2.24, 2.45) is 0 Å². The largest absolute Gasteiger partial charge is 0.439 e. The van der Waals surface area contributed by atoms with E-state index in [2.05, 4.69) is 20.2 Å². The number of pyridine rings is 1. The average molecular weight is 430 g/mol. The molecule has 0 saturated heterocycles. The Hall–Kier alpha value is -3.24. The Balaban J connectivity index is 1.62. The van der Waals surface area contributed by atoms with Crippen LogP contribution in [0.25, 0.3) is 0 Å². The van der Waals surface area contributed by atoms with Crippen LogP contribution in [-0.4, -0.2) is 30.5 Å². The summed E-state index contributed by atoms with van der Waals surface area (Å²) in [7, 11) is -3.96. The molecule has 0 aliphatic rings. The number of amides is 1. The van der Waals surface area contributed by atoms with Crippen molar-refractivity contribution in [3.8, 4) is 11.6 Å². The third-order valence-corrected chi connectivity index (χ3v) is 5.99. The number of aromatic nitrogens is 2. The Morgan fingerprint density at radius 3 is 2.37 bits per heavy atom. The minimum absolute atomic E-state index is 0.0681. The Morgan fingerprint density at radius 1 is 1.10 bits per heavy atom. The summed E-state index contributed by atoms with van der Waals surface area (Å²) in [5, 5.41) is 6.24. The van der Waals surface area contributed by atoms with Crippen LogP contribution in [0.15, 0.2) is 52.0 Å². The molecule has 1 atom stereocenters. The zero-order valence-corrected chi connectivity index (χ0v) is 17.8. The van der Waals surface area contributed by atoms with Gasteiger partial charge in [0.05, 0.1) is 17.9 Å². The molecule has 0 spiro atoms. The fraction of sp³-hybridized carbons (Fsp3) is 0.250. The highest BCUT2D eigenvalue weighted by atomic mass is 32.2. The molecule has 2 heterocycles. The second-order valence-electron chi connectivity index (χ2n) is 6.79. The summed E-state index contributed by atoms with van der Waals surface area (Å²) in [6, 6.07) is 9.70. The van der Waals surface area contributed by atoms with Gasteiger partial charge in [0.2, 0.25) is 21.8 Å². The molecule has 0 aliphatic heterocycles. The van der Waals surface area contributed by atoms with E-state index in [1.807, 2.05) is 31.2 Å². The van der Waals surface area contributed by atoms with Crippen LogP contribution in [-0.2, 0) is 14.8 Å². The van der Waals surface area contributed by atoms with Gasteiger partial charge in [-0.05, 0) is 45.9 Å². The van der Waals surface area contributed by atoms with E-state index >= 15 is 0 Å². The number of anilines is 1. The molecule has 2 aromatic heterocycles. The van der Waals surface area contributed by atoms with Gasteiger partial charge in [0.25, 0.3) is 0 Å². The maximum atomic E-state index is 12.5. The fourth-order valence-electron chi connectivity index (χ4n) is 2.70. The standard InChI is InChI=1S/C20H22N4O5S/c1-12-5-8-17(9-6-12)28-18-10-7-16(11-21-18)22-20(25)14(3)24-30(26,27)19-13(2)23-29-15(19)4/h5-11,14,24H,1-4H3,(H,22,25)/t14-/m0/s1. The van der Waals surface area contributed by atoms with E-state index in [0.29, 0.717) is 17.3 Å². The zero-order chi connectivity index (χ0) is 21.9. The van der Waals surface area contributed by atoms with Crippen molar-refractivity contribution in [2.45, 2.75) is 38.6 Å². The van der Waals surface area contributed by atoms with Crippen molar-refractivity contribution in [3.63, 3.8) is 0 Å². The molecule has 2 N–H and O–H groups in total. The molecule has 0 unspecified atom stereocenters. The number of sulfonamides is 1. The highest BCUT2D eigenvalue weighted by Crippen LogP contribution is 2.21. The van der Waals surface area contributed by atoms with Gasteiger partial charge in [0.1, 0.15) is 16.3 Å². The molecule has 1 aromatic carbocycles. The molecule has 0 radical (unpaired) electrons. The van der Waals surface area contributed by atoms with Crippen molar-refractivity contribution in [1.29, 1.82) is 0 Å². The summed E-state index contributed by atoms with van der Waals surface area (Å²) in [6.45, 7) is 6.43. The molecule has 3 rings (SSSR count). The summed E-state index contributed by atoms with van der Waals surface area (Å²) in [6.07, 6.45) is 1.43. The smallest absolute Gasteiger partial charge is 0.246 e. The lowest BCUT2D eigenvalue weighted by molar-refractivity contribution is -0.117. The van der Waals surface area contributed by atoms with Crippen molar-refractivity contribution in [3.05, 3.63) is 59.6 Å². The third-order valence-electron chi connectivity index (χ3n) is 4.21. The van der Waals surface area contributed by atoms with Gasteiger partial charge < -0.3 is 14.6 Å². The van der Waals surface area contributed by atoms with Crippen LogP contribution in [0.4, 0.5) is 5.69 Å². The monoisotopic (exact) mass is 430 g/mol. The van der Waals surface area contributed by atoms with Crippen molar-refractivity contribution < 1.29 is 22.5 Å². The van der Waals surface area contributed by atoms with E-state index in [0.717, 1.165) is 5.56 Å². The van der Waals surface area contributed by atoms with Crippen LogP contribution >= 0.6 is 0 Å². The maximum Gasteiger partial charge on any atom is 0.246 e. The van der Waals surface area contributed by atoms with Gasteiger partial charge in [-0.25, -0.2) is 13.4 Å². The second-order valence-corrected chi connectivity index (χ2v) is 8.44. The topological polar surface area (TPSA) is 123 Å². The van der Waals surface area contributed by atoms with E-state index < -0.39 is 22.0 Å². The minimum atomic E-state index is -3.96. The first-order valence-corrected chi connectivity index (χ1v) is 10.6. The van der Waals surface area contributed by atoms with E-state index in [-0.39, 0.29) is 16.3 Å². The number of rotatable bonds is 7. The van der Waals surface area contributed by atoms with Gasteiger partial charge in [0.15, 0.2) is 5.76 Å². The van der Waals surface area contributed by atoms with Gasteiger partial charge in [0, 0.05) is 6.07 Å². The number of nitrogens with one attached hydrogen (secondary N) is 2. The van der Waals surface area contributed by atoms with Gasteiger partial charge >= 0.3 is 0 Å². The van der Waals surface area contributed by atoms with E-state index in [4.69, 9.17) is 9.26 Å². The Morgan fingerprint density at radius 2 is 1.80 bits per heavy atom. The van der Waals surface area contributed by atoms with Crippen LogP contribution < -0.4 is 14.8 Å². The lowest BCUT2D eigenvalue weighted by Crippen LogP contribution is -2.41. The summed E-state index contributed by atoms with van der Waals surface area (Å²) < 4.78 is 37.9. The predicted molar refractivity (Wildman–Crippen MR) is 110 cm³/mol. The van der Waals surface area contributed by atoms with E-state index in [9.17, 15) is 13.2 Å². The molecule has 0 saturated carbocycles. The highest BCUT2D eigenvalue weighted by Gasteiger charge is 2.28. The molecular formula is C20H22N4O5S. The first-order chi connectivity index (χ1) is 14.2. The van der Waals surface area contributed by atoms with Crippen LogP contribution in [0.1, 0.15) is 23.9 Å². The molecule has 1 amide bonds. The molecule has 0 fully saturated rings. The number of carbonyl (C=O) groups excluding carboxylic acids is 1. The Kier molecular flexibility index (Phi) is 6.18. The van der Waals surface area contributed by atoms with Crippen molar-refractivity contribution in [1.82, 2.24) is 14.9 Å². The highest BCUT2D eigenvalue weighted by molar-refractivity contribution is 7.89. The molecule has 0 aliphatic carbocycles. The number of hydrogen-bond donors (Lipinski definition) is 2. The fourth-order valence-corrected chi connectivity index (χ4v) is 4.23. The number of benzene rings is 1. The Labute approximate surface area is 174 Å². The Bertz CT molecular complexity index is 1120. The molecule has 0 bridgehead atoms. The van der Waals surface area contributed by atoms with E-state index in [1.54, 1.807) is 12.1 Å². The zero-order valence-electron chi connectivity index (χ0n) is 17.0. The minimum Gasteiger partial charge on any atom is -0.439 e. The number of carbonyl (C=O) groups is 1. The van der Waals surface area contributed by atoms with Gasteiger partial charge in [-0.1, -0.05) is 22.9 Å². The molecule has 9 nitrogen and oxygen atoms in total.